The topological polar surface area (TPSA) is 38.3 Å². The monoisotopic (exact) mass is 345 g/mol. The summed E-state index contributed by atoms with van der Waals surface area (Å²) in [6.45, 7) is 0.308. The van der Waals surface area contributed by atoms with Crippen molar-refractivity contribution >= 4 is 22.0 Å². The zero-order valence-corrected chi connectivity index (χ0v) is 13.0. The third-order valence-corrected chi connectivity index (χ3v) is 4.13. The summed E-state index contributed by atoms with van der Waals surface area (Å²) in [6.07, 6.45) is 0.630. The van der Waals surface area contributed by atoms with E-state index >= 15 is 0 Å². The minimum Gasteiger partial charge on any atom is -0.445 e. The van der Waals surface area contributed by atoms with Gasteiger partial charge in [-0.05, 0) is 29.7 Å². The van der Waals surface area contributed by atoms with Crippen molar-refractivity contribution in [1.29, 1.82) is 0 Å². The largest absolute Gasteiger partial charge is 0.445 e. The minimum atomic E-state index is -0.344. The lowest BCUT2D eigenvalue weighted by atomic mass is 10.1. The summed E-state index contributed by atoms with van der Waals surface area (Å²) in [7, 11) is 0. The molecular formula is C17H16BrNO2. The van der Waals surface area contributed by atoms with E-state index in [1.165, 1.54) is 5.56 Å². The Morgan fingerprint density at radius 1 is 1.14 bits per heavy atom. The lowest BCUT2D eigenvalue weighted by Gasteiger charge is -2.07. The fourth-order valence-corrected chi connectivity index (χ4v) is 2.61. The van der Waals surface area contributed by atoms with Crippen molar-refractivity contribution in [3.63, 3.8) is 0 Å². The molecule has 21 heavy (non-hydrogen) atoms. The molecule has 3 rings (SSSR count). The van der Waals surface area contributed by atoms with Crippen LogP contribution in [-0.4, -0.2) is 12.1 Å². The molecule has 108 valence electrons. The maximum Gasteiger partial charge on any atom is 0.407 e. The Labute approximate surface area is 132 Å². The number of carbonyl (C=O) groups is 1. The van der Waals surface area contributed by atoms with Crippen LogP contribution >= 0.6 is 15.9 Å². The fraction of sp³-hybridized carbons (Fsp3) is 0.235. The Morgan fingerprint density at radius 2 is 1.86 bits per heavy atom. The van der Waals surface area contributed by atoms with Crippen molar-refractivity contribution < 1.29 is 9.53 Å². The van der Waals surface area contributed by atoms with Crippen molar-refractivity contribution in [2.45, 2.75) is 25.0 Å². The first-order chi connectivity index (χ1) is 10.2. The maximum absolute atomic E-state index is 11.8. The van der Waals surface area contributed by atoms with Gasteiger partial charge in [-0.25, -0.2) is 4.79 Å². The molecule has 1 fully saturated rings. The molecule has 0 saturated heterocycles. The highest BCUT2D eigenvalue weighted by Crippen LogP contribution is 2.41. The predicted octanol–water partition coefficient (Wildman–Crippen LogP) is 4.23. The molecule has 0 spiro atoms. The minimum absolute atomic E-state index is 0.189. The molecular weight excluding hydrogens is 330 g/mol. The number of hydrogen-bond donors (Lipinski definition) is 1. The quantitative estimate of drug-likeness (QED) is 0.900. The van der Waals surface area contributed by atoms with E-state index in [9.17, 15) is 4.79 Å². The van der Waals surface area contributed by atoms with Gasteiger partial charge in [-0.1, -0.05) is 58.4 Å². The average Bonchev–Trinajstić information content (AvgIpc) is 3.26. The van der Waals surface area contributed by atoms with E-state index in [2.05, 4.69) is 33.4 Å². The summed E-state index contributed by atoms with van der Waals surface area (Å²) < 4.78 is 6.29. The molecule has 1 amide bonds. The molecule has 1 aliphatic carbocycles. The molecule has 2 aromatic carbocycles. The first kappa shape index (κ1) is 14.1. The van der Waals surface area contributed by atoms with E-state index in [0.29, 0.717) is 12.5 Å². The average molecular weight is 346 g/mol. The molecule has 0 aliphatic heterocycles. The van der Waals surface area contributed by atoms with E-state index in [1.54, 1.807) is 0 Å². The van der Waals surface area contributed by atoms with Crippen LogP contribution in [0.15, 0.2) is 59.1 Å². The van der Waals surface area contributed by atoms with Crippen molar-refractivity contribution in [3.8, 4) is 0 Å². The molecule has 0 unspecified atom stereocenters. The number of nitrogens with one attached hydrogen (secondary N) is 1. The summed E-state index contributed by atoms with van der Waals surface area (Å²) in [5, 5.41) is 2.91. The van der Waals surface area contributed by atoms with Crippen LogP contribution in [0.1, 0.15) is 23.5 Å². The molecule has 1 N–H and O–H groups in total. The summed E-state index contributed by atoms with van der Waals surface area (Å²) in [5.41, 5.74) is 2.25. The van der Waals surface area contributed by atoms with E-state index in [-0.39, 0.29) is 12.1 Å². The number of hydrogen-bond acceptors (Lipinski definition) is 2. The molecule has 4 heteroatoms. The van der Waals surface area contributed by atoms with E-state index < -0.39 is 0 Å². The zero-order chi connectivity index (χ0) is 14.7. The van der Waals surface area contributed by atoms with E-state index in [0.717, 1.165) is 16.5 Å². The first-order valence-electron chi connectivity index (χ1n) is 6.95. The normalized spacial score (nSPS) is 19.9. The number of benzene rings is 2. The van der Waals surface area contributed by atoms with Gasteiger partial charge < -0.3 is 10.1 Å². The highest BCUT2D eigenvalue weighted by Gasteiger charge is 2.39. The number of alkyl carbamates (subject to hydrolysis) is 1. The van der Waals surface area contributed by atoms with Crippen LogP contribution in [0, 0.1) is 0 Å². The Hall–Kier alpha value is -1.81. The molecule has 1 saturated carbocycles. The van der Waals surface area contributed by atoms with Crippen LogP contribution < -0.4 is 5.32 Å². The second-order valence-corrected chi connectivity index (χ2v) is 6.12. The molecule has 3 nitrogen and oxygen atoms in total. The van der Waals surface area contributed by atoms with Gasteiger partial charge in [0.05, 0.1) is 0 Å². The second-order valence-electron chi connectivity index (χ2n) is 5.21. The number of halogens is 1. The molecule has 0 radical (unpaired) electrons. The smallest absolute Gasteiger partial charge is 0.407 e. The maximum atomic E-state index is 11.8. The van der Waals surface area contributed by atoms with Crippen molar-refractivity contribution in [2.75, 3.05) is 0 Å². The van der Waals surface area contributed by atoms with Gasteiger partial charge in [0.2, 0.25) is 0 Å². The van der Waals surface area contributed by atoms with Crippen molar-refractivity contribution in [2.24, 2.45) is 0 Å². The Morgan fingerprint density at radius 3 is 2.57 bits per heavy atom. The highest BCUT2D eigenvalue weighted by atomic mass is 79.9. The number of amides is 1. The van der Waals surface area contributed by atoms with Crippen LogP contribution in [0.25, 0.3) is 0 Å². The van der Waals surface area contributed by atoms with Gasteiger partial charge in [-0.15, -0.1) is 0 Å². The SMILES string of the molecule is O=C(N[C@@H]1C[C@H]1c1ccc(Br)cc1)OCc1ccccc1. The predicted molar refractivity (Wildman–Crippen MR) is 85.1 cm³/mol. The highest BCUT2D eigenvalue weighted by molar-refractivity contribution is 9.10. The molecule has 0 aromatic heterocycles. The van der Waals surface area contributed by atoms with Gasteiger partial charge in [0.15, 0.2) is 0 Å². The lowest BCUT2D eigenvalue weighted by Crippen LogP contribution is -2.27. The number of rotatable bonds is 4. The van der Waals surface area contributed by atoms with Gasteiger partial charge in [-0.2, -0.15) is 0 Å². The number of carbonyl (C=O) groups excluding carboxylic acids is 1. The van der Waals surface area contributed by atoms with Crippen molar-refractivity contribution in [3.05, 3.63) is 70.2 Å². The van der Waals surface area contributed by atoms with Gasteiger partial charge in [-0.3, -0.25) is 0 Å². The molecule has 1 aliphatic rings. The summed E-state index contributed by atoms with van der Waals surface area (Å²) in [5.74, 6) is 0.405. The van der Waals surface area contributed by atoms with Crippen LogP contribution in [0.5, 0.6) is 0 Å². The van der Waals surface area contributed by atoms with Gasteiger partial charge in [0.25, 0.3) is 0 Å². The third kappa shape index (κ3) is 3.85. The molecule has 2 atom stereocenters. The Balaban J connectivity index is 1.45. The first-order valence-corrected chi connectivity index (χ1v) is 7.74. The van der Waals surface area contributed by atoms with Crippen LogP contribution in [0.4, 0.5) is 4.79 Å². The second kappa shape index (κ2) is 6.31. The summed E-state index contributed by atoms with van der Waals surface area (Å²) in [4.78, 5) is 11.8. The fourth-order valence-electron chi connectivity index (χ4n) is 2.35. The molecule has 0 bridgehead atoms. The lowest BCUT2D eigenvalue weighted by molar-refractivity contribution is 0.139. The molecule has 2 aromatic rings. The van der Waals surface area contributed by atoms with E-state index in [1.807, 2.05) is 42.5 Å². The number of ether oxygens (including phenoxy) is 1. The third-order valence-electron chi connectivity index (χ3n) is 3.60. The Bertz CT molecular complexity index is 612. The van der Waals surface area contributed by atoms with Gasteiger partial charge >= 0.3 is 6.09 Å². The van der Waals surface area contributed by atoms with Gasteiger partial charge in [0, 0.05) is 16.4 Å². The van der Waals surface area contributed by atoms with Gasteiger partial charge in [0.1, 0.15) is 6.61 Å². The zero-order valence-electron chi connectivity index (χ0n) is 11.5. The standard InChI is InChI=1S/C17H16BrNO2/c18-14-8-6-13(7-9-14)15-10-16(15)19-17(20)21-11-12-4-2-1-3-5-12/h1-9,15-16H,10-11H2,(H,19,20)/t15-,16+/m0/s1. The van der Waals surface area contributed by atoms with E-state index in [4.69, 9.17) is 4.74 Å². The summed E-state index contributed by atoms with van der Waals surface area (Å²) in [6, 6.07) is 18.1. The van der Waals surface area contributed by atoms with Crippen molar-refractivity contribution in [1.82, 2.24) is 5.32 Å². The van der Waals surface area contributed by atoms with Crippen LogP contribution in [0.2, 0.25) is 0 Å². The van der Waals surface area contributed by atoms with Crippen LogP contribution in [0.3, 0.4) is 0 Å². The molecule has 0 heterocycles. The Kier molecular flexibility index (Phi) is 4.25. The summed E-state index contributed by atoms with van der Waals surface area (Å²) >= 11 is 3.42. The van der Waals surface area contributed by atoms with Crippen LogP contribution in [-0.2, 0) is 11.3 Å².